The number of rotatable bonds is 18. The van der Waals surface area contributed by atoms with Crippen molar-refractivity contribution in [3.8, 4) is 0 Å². The predicted molar refractivity (Wildman–Crippen MR) is 161 cm³/mol. The molecule has 1 saturated carbocycles. The van der Waals surface area contributed by atoms with Crippen molar-refractivity contribution in [2.75, 3.05) is 40.0 Å². The topological polar surface area (TPSA) is 152 Å². The van der Waals surface area contributed by atoms with Crippen molar-refractivity contribution in [1.29, 1.82) is 0 Å². The van der Waals surface area contributed by atoms with Crippen LogP contribution in [0.4, 0.5) is 14.1 Å². The lowest BCUT2D eigenvalue weighted by Crippen LogP contribution is -2.56. The van der Waals surface area contributed by atoms with Gasteiger partial charge < -0.3 is 39.6 Å². The molecule has 0 aromatic carbocycles. The normalized spacial score (nSPS) is 29.5. The monoisotopic (exact) mass is 628 g/mol. The number of unbranched alkanes of at least 4 members (excludes halogenated alkanes) is 3. The van der Waals surface area contributed by atoms with Crippen LogP contribution in [-0.2, 0) is 28.5 Å². The largest absolute Gasteiger partial charge is 0.447 e. The molecule has 0 aromatic heterocycles. The molecule has 3 fully saturated rings. The third kappa shape index (κ3) is 10.3. The van der Waals surface area contributed by atoms with Crippen molar-refractivity contribution < 1.29 is 42.5 Å². The van der Waals surface area contributed by atoms with Crippen LogP contribution in [-0.4, -0.2) is 93.6 Å². The van der Waals surface area contributed by atoms with Gasteiger partial charge in [0.25, 0.3) is 0 Å². The van der Waals surface area contributed by atoms with Gasteiger partial charge in [-0.1, -0.05) is 38.3 Å². The molecule has 4 N–H and O–H groups in total. The average Bonchev–Trinajstić information content (AvgIpc) is 3.88. The maximum atomic E-state index is 13.1. The number of carbonyl (C=O) groups excluding carboxylic acids is 3. The van der Waals surface area contributed by atoms with Crippen LogP contribution in [0.2, 0.25) is 0 Å². The SMILES string of the molecule is CO[C@H]1C(OC(=O)N[C@@H](COC(=O)NCCCCCCNC(=O)CNF)C(C)C)CC[C@]2(CO2)C1C1(C)O[C@@H]1CC=C(C)C. The first-order valence-corrected chi connectivity index (χ1v) is 15.9. The Kier molecular flexibility index (Phi) is 13.7. The highest BCUT2D eigenvalue weighted by Crippen LogP contribution is 2.59. The fourth-order valence-electron chi connectivity index (χ4n) is 6.16. The first-order chi connectivity index (χ1) is 21.0. The first kappa shape index (κ1) is 36.0. The second-order valence-electron chi connectivity index (χ2n) is 12.9. The van der Waals surface area contributed by atoms with Crippen LogP contribution >= 0.6 is 0 Å². The summed E-state index contributed by atoms with van der Waals surface area (Å²) in [5.74, 6) is -0.461. The van der Waals surface area contributed by atoms with E-state index in [0.717, 1.165) is 38.5 Å². The van der Waals surface area contributed by atoms with E-state index in [1.54, 1.807) is 7.11 Å². The number of halogens is 1. The quantitative estimate of drug-likeness (QED) is 0.0771. The molecule has 3 unspecified atom stereocenters. The molecule has 2 saturated heterocycles. The Bertz CT molecular complexity index is 990. The third-order valence-corrected chi connectivity index (χ3v) is 8.92. The summed E-state index contributed by atoms with van der Waals surface area (Å²) in [4.78, 5) is 36.5. The fraction of sp³-hybridized carbons (Fsp3) is 0.839. The van der Waals surface area contributed by atoms with E-state index in [1.165, 1.54) is 11.1 Å². The van der Waals surface area contributed by atoms with Crippen LogP contribution < -0.4 is 21.5 Å². The standard InChI is InChI=1S/C31H53FN4O8/c1-20(2)11-12-24-30(5,44-24)27-26(40-6)23(13-14-31(27)19-42-31)43-29(39)36-22(21(3)4)18-41-28(38)34-16-10-8-7-9-15-33-25(37)17-35-32/h11,21-24,26-27,35H,7-10,12-19H2,1-6H3,(H,33,37)(H,34,38)(H,36,39)/t22-,23?,24+,26-,27?,30?,31-/m0/s1. The summed E-state index contributed by atoms with van der Waals surface area (Å²) in [6.45, 7) is 11.4. The molecule has 3 amide bonds. The van der Waals surface area contributed by atoms with Crippen LogP contribution in [0.1, 0.15) is 79.6 Å². The van der Waals surface area contributed by atoms with E-state index in [2.05, 4.69) is 42.8 Å². The molecule has 0 aromatic rings. The lowest BCUT2D eigenvalue weighted by atomic mass is 9.68. The summed E-state index contributed by atoms with van der Waals surface area (Å²) >= 11 is 0. The molecule has 0 radical (unpaired) electrons. The molecular formula is C31H53FN4O8. The highest BCUT2D eigenvalue weighted by Gasteiger charge is 2.72. The number of methoxy groups -OCH3 is 1. The molecule has 12 nitrogen and oxygen atoms in total. The minimum Gasteiger partial charge on any atom is -0.447 e. The van der Waals surface area contributed by atoms with Gasteiger partial charge in [0.2, 0.25) is 5.91 Å². The number of ether oxygens (including phenoxy) is 5. The van der Waals surface area contributed by atoms with Crippen LogP contribution in [0.15, 0.2) is 11.6 Å². The van der Waals surface area contributed by atoms with E-state index in [1.807, 2.05) is 13.8 Å². The molecule has 13 heteroatoms. The number of epoxide rings is 2. The predicted octanol–water partition coefficient (Wildman–Crippen LogP) is 3.69. The molecule has 252 valence electrons. The highest BCUT2D eigenvalue weighted by molar-refractivity contribution is 5.77. The van der Waals surface area contributed by atoms with Crippen molar-refractivity contribution in [3.05, 3.63) is 11.6 Å². The van der Waals surface area contributed by atoms with Crippen molar-refractivity contribution >= 4 is 18.1 Å². The van der Waals surface area contributed by atoms with Gasteiger partial charge in [0.15, 0.2) is 0 Å². The molecule has 1 spiro atoms. The van der Waals surface area contributed by atoms with Crippen LogP contribution in [0.5, 0.6) is 0 Å². The zero-order chi connectivity index (χ0) is 32.3. The summed E-state index contributed by atoms with van der Waals surface area (Å²) < 4.78 is 41.4. The Morgan fingerprint density at radius 3 is 2.34 bits per heavy atom. The Labute approximate surface area is 260 Å². The summed E-state index contributed by atoms with van der Waals surface area (Å²) in [7, 11) is 1.64. The summed E-state index contributed by atoms with van der Waals surface area (Å²) in [6, 6.07) is -0.438. The lowest BCUT2D eigenvalue weighted by molar-refractivity contribution is -0.120. The Balaban J connectivity index is 1.40. The van der Waals surface area contributed by atoms with Gasteiger partial charge in [0, 0.05) is 20.2 Å². The van der Waals surface area contributed by atoms with Crippen molar-refractivity contribution in [3.63, 3.8) is 0 Å². The first-order valence-electron chi connectivity index (χ1n) is 15.9. The van der Waals surface area contributed by atoms with E-state index in [-0.39, 0.29) is 48.7 Å². The highest BCUT2D eigenvalue weighted by atomic mass is 19.2. The average molecular weight is 629 g/mol. The fourth-order valence-corrected chi connectivity index (χ4v) is 6.16. The number of hydrogen-bond donors (Lipinski definition) is 4. The number of amides is 3. The molecule has 2 heterocycles. The molecule has 2 aliphatic heterocycles. The van der Waals surface area contributed by atoms with Crippen LogP contribution in [0.3, 0.4) is 0 Å². The Morgan fingerprint density at radius 2 is 1.75 bits per heavy atom. The second kappa shape index (κ2) is 16.7. The lowest BCUT2D eigenvalue weighted by Gasteiger charge is -2.42. The van der Waals surface area contributed by atoms with Crippen molar-refractivity contribution in [1.82, 2.24) is 21.5 Å². The third-order valence-electron chi connectivity index (χ3n) is 8.92. The molecule has 3 aliphatic rings. The molecule has 0 bridgehead atoms. The van der Waals surface area contributed by atoms with Gasteiger partial charge in [-0.05, 0) is 58.8 Å². The molecule has 44 heavy (non-hydrogen) atoms. The Hall–Kier alpha value is -2.48. The number of carbonyl (C=O) groups is 3. The number of hydrogen-bond acceptors (Lipinski definition) is 9. The van der Waals surface area contributed by atoms with Crippen molar-refractivity contribution in [2.24, 2.45) is 11.8 Å². The zero-order valence-electron chi connectivity index (χ0n) is 27.2. The smallest absolute Gasteiger partial charge is 0.407 e. The maximum absolute atomic E-state index is 13.1. The van der Waals surface area contributed by atoms with E-state index in [9.17, 15) is 18.9 Å². The van der Waals surface area contributed by atoms with Crippen LogP contribution in [0, 0.1) is 11.8 Å². The number of nitrogens with one attached hydrogen (secondary N) is 4. The minimum atomic E-state index is -0.578. The van der Waals surface area contributed by atoms with Gasteiger partial charge in [0.1, 0.15) is 36.6 Å². The van der Waals surface area contributed by atoms with Gasteiger partial charge in [-0.2, -0.15) is 0 Å². The van der Waals surface area contributed by atoms with E-state index < -0.39 is 29.9 Å². The summed E-state index contributed by atoms with van der Waals surface area (Å²) in [6.07, 6.45) is 5.71. The molecule has 7 atom stereocenters. The number of alkyl carbamates (subject to hydrolysis) is 2. The second-order valence-corrected chi connectivity index (χ2v) is 12.9. The van der Waals surface area contributed by atoms with E-state index in [4.69, 9.17) is 23.7 Å². The maximum Gasteiger partial charge on any atom is 0.407 e. The van der Waals surface area contributed by atoms with E-state index in [0.29, 0.717) is 26.1 Å². The zero-order valence-corrected chi connectivity index (χ0v) is 27.2. The van der Waals surface area contributed by atoms with Gasteiger partial charge in [-0.3, -0.25) is 4.79 Å². The molecule has 3 rings (SSSR count). The molecule has 1 aliphatic carbocycles. The van der Waals surface area contributed by atoms with Crippen molar-refractivity contribution in [2.45, 2.75) is 115 Å². The number of allylic oxidation sites excluding steroid dienone is 1. The Morgan fingerprint density at radius 1 is 1.07 bits per heavy atom. The van der Waals surface area contributed by atoms with Gasteiger partial charge in [-0.25, -0.2) is 9.59 Å². The minimum absolute atomic E-state index is 0.00192. The van der Waals surface area contributed by atoms with Gasteiger partial charge in [0.05, 0.1) is 24.7 Å². The van der Waals surface area contributed by atoms with Gasteiger partial charge >= 0.3 is 12.2 Å². The van der Waals surface area contributed by atoms with Crippen LogP contribution in [0.25, 0.3) is 0 Å². The summed E-state index contributed by atoms with van der Waals surface area (Å²) in [5, 5.41) is 8.21. The van der Waals surface area contributed by atoms with E-state index >= 15 is 0 Å². The van der Waals surface area contributed by atoms with Gasteiger partial charge in [-0.15, -0.1) is 10.0 Å². The summed E-state index contributed by atoms with van der Waals surface area (Å²) in [5.41, 5.74) is 1.83. The molecular weight excluding hydrogens is 575 g/mol.